The van der Waals surface area contributed by atoms with E-state index in [1.165, 1.54) is 0 Å². The van der Waals surface area contributed by atoms with Crippen molar-refractivity contribution in [3.63, 3.8) is 0 Å². The molecule has 0 bridgehead atoms. The first-order valence-corrected chi connectivity index (χ1v) is 8.00. The molecule has 2 heterocycles. The van der Waals surface area contributed by atoms with Crippen molar-refractivity contribution in [2.75, 3.05) is 0 Å². The van der Waals surface area contributed by atoms with Crippen LogP contribution in [0, 0.1) is 0 Å². The third kappa shape index (κ3) is 2.87. The molecule has 0 unspecified atom stereocenters. The maximum atomic E-state index is 8.48. The molecule has 8 heteroatoms. The topological polar surface area (TPSA) is 91.8 Å². The van der Waals surface area contributed by atoms with Gasteiger partial charge in [-0.15, -0.1) is 0 Å². The van der Waals surface area contributed by atoms with E-state index < -0.39 is 0 Å². The van der Waals surface area contributed by atoms with Crippen LogP contribution >= 0.6 is 11.6 Å². The van der Waals surface area contributed by atoms with Crippen LogP contribution in [0.25, 0.3) is 16.1 Å². The van der Waals surface area contributed by atoms with E-state index in [9.17, 15) is 0 Å². The van der Waals surface area contributed by atoms with Gasteiger partial charge in [0.15, 0.2) is 11.6 Å². The molecular formula is C17H12ClN7. The lowest BCUT2D eigenvalue weighted by molar-refractivity contribution is 0.786. The second-order valence-electron chi connectivity index (χ2n) is 5.44. The first-order valence-electron chi connectivity index (χ1n) is 7.62. The van der Waals surface area contributed by atoms with Crippen LogP contribution in [-0.4, -0.2) is 20.5 Å². The van der Waals surface area contributed by atoms with E-state index in [0.717, 1.165) is 22.5 Å². The molecule has 2 aromatic carbocycles. The average molecular weight is 350 g/mol. The van der Waals surface area contributed by atoms with Crippen molar-refractivity contribution in [3.8, 4) is 5.69 Å². The summed E-state index contributed by atoms with van der Waals surface area (Å²) in [6.45, 7) is 0.481. The molecule has 0 radical (unpaired) electrons. The fourth-order valence-corrected chi connectivity index (χ4v) is 2.98. The van der Waals surface area contributed by atoms with Gasteiger partial charge in [0.05, 0.1) is 24.5 Å². The van der Waals surface area contributed by atoms with Crippen molar-refractivity contribution in [2.24, 2.45) is 10.1 Å². The number of nitrogens with zero attached hydrogens (tertiary/aromatic N) is 7. The van der Waals surface area contributed by atoms with Crippen LogP contribution < -0.4 is 0 Å². The number of hydrogen-bond donors (Lipinski definition) is 0. The molecule has 1 aliphatic rings. The first-order chi connectivity index (χ1) is 12.3. The van der Waals surface area contributed by atoms with E-state index in [1.807, 2.05) is 48.5 Å². The number of rotatable bonds is 3. The van der Waals surface area contributed by atoms with E-state index in [-0.39, 0.29) is 6.54 Å². The number of aliphatic imine (C=N–C) groups is 1. The number of benzene rings is 2. The highest BCUT2D eigenvalue weighted by atomic mass is 35.5. The third-order valence-corrected chi connectivity index (χ3v) is 4.10. The SMILES string of the molecule is [N-]=[N+]=NCc1nc2n(n1)-c1ccc(Cl)cc1C(c1ccccc1)=NC2. The summed E-state index contributed by atoms with van der Waals surface area (Å²) in [6, 6.07) is 15.5. The Bertz CT molecular complexity index is 1020. The summed E-state index contributed by atoms with van der Waals surface area (Å²) >= 11 is 6.23. The van der Waals surface area contributed by atoms with Crippen LogP contribution in [0.2, 0.25) is 5.02 Å². The van der Waals surface area contributed by atoms with E-state index in [0.29, 0.717) is 23.2 Å². The van der Waals surface area contributed by atoms with Crippen molar-refractivity contribution in [1.82, 2.24) is 14.8 Å². The fourth-order valence-electron chi connectivity index (χ4n) is 2.81. The summed E-state index contributed by atoms with van der Waals surface area (Å²) in [5.74, 6) is 1.16. The normalized spacial score (nSPS) is 12.4. The third-order valence-electron chi connectivity index (χ3n) is 3.86. The second kappa shape index (κ2) is 6.39. The van der Waals surface area contributed by atoms with Crippen LogP contribution in [0.3, 0.4) is 0 Å². The zero-order chi connectivity index (χ0) is 17.2. The molecule has 0 amide bonds. The van der Waals surface area contributed by atoms with Gasteiger partial charge in [0.2, 0.25) is 0 Å². The monoisotopic (exact) mass is 349 g/mol. The smallest absolute Gasteiger partial charge is 0.157 e. The Labute approximate surface area is 148 Å². The Morgan fingerprint density at radius 3 is 2.84 bits per heavy atom. The second-order valence-corrected chi connectivity index (χ2v) is 5.87. The lowest BCUT2D eigenvalue weighted by Crippen LogP contribution is -2.08. The average Bonchev–Trinajstić information content (AvgIpc) is 2.98. The molecule has 0 saturated carbocycles. The minimum atomic E-state index is 0.106. The summed E-state index contributed by atoms with van der Waals surface area (Å²) in [5, 5.41) is 8.62. The van der Waals surface area contributed by atoms with Gasteiger partial charge in [0.1, 0.15) is 0 Å². The number of halogens is 1. The highest BCUT2D eigenvalue weighted by molar-refractivity contribution is 6.31. The molecule has 0 fully saturated rings. The summed E-state index contributed by atoms with van der Waals surface area (Å²) in [5.41, 5.74) is 12.1. The van der Waals surface area contributed by atoms with Crippen molar-refractivity contribution >= 4 is 17.3 Å². The molecule has 7 nitrogen and oxygen atoms in total. The van der Waals surface area contributed by atoms with Gasteiger partial charge >= 0.3 is 0 Å². The van der Waals surface area contributed by atoms with Gasteiger partial charge in [-0.05, 0) is 23.7 Å². The van der Waals surface area contributed by atoms with E-state index in [2.05, 4.69) is 20.1 Å². The van der Waals surface area contributed by atoms with Crippen LogP contribution in [-0.2, 0) is 13.1 Å². The highest BCUT2D eigenvalue weighted by Gasteiger charge is 2.21. The molecule has 0 atom stereocenters. The quantitative estimate of drug-likeness (QED) is 0.405. The molecule has 122 valence electrons. The van der Waals surface area contributed by atoms with Crippen molar-refractivity contribution < 1.29 is 0 Å². The van der Waals surface area contributed by atoms with Gasteiger partial charge in [-0.3, -0.25) is 4.99 Å². The Morgan fingerprint density at radius 1 is 1.20 bits per heavy atom. The lowest BCUT2D eigenvalue weighted by Gasteiger charge is -2.11. The van der Waals surface area contributed by atoms with Gasteiger partial charge in [-0.1, -0.05) is 47.0 Å². The van der Waals surface area contributed by atoms with Crippen LogP contribution in [0.4, 0.5) is 0 Å². The predicted octanol–water partition coefficient (Wildman–Crippen LogP) is 4.08. The minimum Gasteiger partial charge on any atom is -0.276 e. The molecule has 0 saturated heterocycles. The molecule has 1 aliphatic heterocycles. The maximum absolute atomic E-state index is 8.48. The van der Waals surface area contributed by atoms with Crippen LogP contribution in [0.5, 0.6) is 0 Å². The van der Waals surface area contributed by atoms with Crippen LogP contribution in [0.1, 0.15) is 22.8 Å². The number of hydrogen-bond acceptors (Lipinski definition) is 4. The Morgan fingerprint density at radius 2 is 2.04 bits per heavy atom. The largest absolute Gasteiger partial charge is 0.276 e. The summed E-state index contributed by atoms with van der Waals surface area (Å²) in [7, 11) is 0. The van der Waals surface area contributed by atoms with E-state index in [1.54, 1.807) is 4.68 Å². The Balaban J connectivity index is 1.90. The molecular weight excluding hydrogens is 338 g/mol. The maximum Gasteiger partial charge on any atom is 0.157 e. The van der Waals surface area contributed by atoms with Crippen LogP contribution in [0.15, 0.2) is 58.6 Å². The van der Waals surface area contributed by atoms with Crippen molar-refractivity contribution in [1.29, 1.82) is 0 Å². The standard InChI is InChI=1S/C17H12ClN7/c18-12-6-7-14-13(8-12)17(11-4-2-1-3-5-11)20-10-16-22-15(9-21-24-19)23-25(14)16/h1-8H,9-10H2. The van der Waals surface area contributed by atoms with Gasteiger partial charge < -0.3 is 0 Å². The van der Waals surface area contributed by atoms with Gasteiger partial charge in [0, 0.05) is 21.1 Å². The molecule has 0 spiro atoms. The van der Waals surface area contributed by atoms with Gasteiger partial charge in [-0.25, -0.2) is 9.67 Å². The number of aromatic nitrogens is 3. The lowest BCUT2D eigenvalue weighted by atomic mass is 10.0. The fraction of sp³-hybridized carbons (Fsp3) is 0.118. The zero-order valence-electron chi connectivity index (χ0n) is 13.0. The summed E-state index contributed by atoms with van der Waals surface area (Å²) < 4.78 is 1.74. The molecule has 1 aromatic heterocycles. The van der Waals surface area contributed by atoms with Gasteiger partial charge in [0.25, 0.3) is 0 Å². The summed E-state index contributed by atoms with van der Waals surface area (Å²) in [6.07, 6.45) is 0. The van der Waals surface area contributed by atoms with Gasteiger partial charge in [-0.2, -0.15) is 5.10 Å². The molecule has 0 aliphatic carbocycles. The predicted molar refractivity (Wildman–Crippen MR) is 95.0 cm³/mol. The minimum absolute atomic E-state index is 0.106. The molecule has 3 aromatic rings. The summed E-state index contributed by atoms with van der Waals surface area (Å²) in [4.78, 5) is 11.9. The Kier molecular flexibility index (Phi) is 3.93. The number of azide groups is 1. The zero-order valence-corrected chi connectivity index (χ0v) is 13.8. The Hall–Kier alpha value is -3.15. The van der Waals surface area contributed by atoms with E-state index in [4.69, 9.17) is 22.1 Å². The first kappa shape index (κ1) is 15.4. The van der Waals surface area contributed by atoms with Crippen molar-refractivity contribution in [2.45, 2.75) is 13.1 Å². The molecule has 4 rings (SSSR count). The van der Waals surface area contributed by atoms with Crippen molar-refractivity contribution in [3.05, 3.63) is 86.8 Å². The molecule has 25 heavy (non-hydrogen) atoms. The molecule has 0 N–H and O–H groups in total. The number of fused-ring (bicyclic) bond motifs is 3. The van der Waals surface area contributed by atoms with E-state index >= 15 is 0 Å². The highest BCUT2D eigenvalue weighted by Crippen LogP contribution is 2.27.